The van der Waals surface area contributed by atoms with Crippen LogP contribution < -0.4 is 0 Å². The molecule has 0 saturated heterocycles. The maximum atomic E-state index is 5.15. The third kappa shape index (κ3) is 5.67. The number of aromatic nitrogens is 4. The minimum Gasteiger partial charge on any atom is -0.256 e. The van der Waals surface area contributed by atoms with Gasteiger partial charge in [0.05, 0.1) is 5.52 Å². The number of benzene rings is 8. The summed E-state index contributed by atoms with van der Waals surface area (Å²) in [6.45, 7) is 0. The Morgan fingerprint density at radius 3 is 1.48 bits per heavy atom. The van der Waals surface area contributed by atoms with Gasteiger partial charge in [-0.05, 0) is 61.7 Å². The third-order valence-corrected chi connectivity index (χ3v) is 10.2. The Hall–Kier alpha value is -7.30. The van der Waals surface area contributed by atoms with Crippen LogP contribution in [-0.4, -0.2) is 19.9 Å². The predicted molar refractivity (Wildman–Crippen MR) is 223 cm³/mol. The Morgan fingerprint density at radius 2 is 0.778 bits per heavy atom. The summed E-state index contributed by atoms with van der Waals surface area (Å²) in [5, 5.41) is 5.90. The normalized spacial score (nSPS) is 11.3. The van der Waals surface area contributed by atoms with E-state index in [0.29, 0.717) is 17.5 Å². The van der Waals surface area contributed by atoms with Gasteiger partial charge >= 0.3 is 0 Å². The van der Waals surface area contributed by atoms with Crippen molar-refractivity contribution >= 4 is 32.4 Å². The standard InChI is InChI=1S/C50H32N4/c1-3-12-33(13-4-1)34-21-25-38(26-22-34)48-52-49(54-50(53-48)44-20-10-7-17-40(44)35-14-5-2-6-15-35)39-27-23-36(24-28-39)45-32-46-43(41-18-8-9-19-42(41)45)30-29-37-16-11-31-51-47(37)46/h1-32H. The molecule has 0 aliphatic rings. The zero-order chi connectivity index (χ0) is 35.8. The van der Waals surface area contributed by atoms with Crippen LogP contribution in [0.4, 0.5) is 0 Å². The van der Waals surface area contributed by atoms with E-state index in [1.807, 2.05) is 30.5 Å². The van der Waals surface area contributed by atoms with Crippen LogP contribution in [0.15, 0.2) is 194 Å². The summed E-state index contributed by atoms with van der Waals surface area (Å²) < 4.78 is 0. The van der Waals surface area contributed by atoms with Gasteiger partial charge in [0.15, 0.2) is 17.5 Å². The zero-order valence-corrected chi connectivity index (χ0v) is 29.3. The van der Waals surface area contributed by atoms with E-state index < -0.39 is 0 Å². The second-order valence-electron chi connectivity index (χ2n) is 13.4. The number of nitrogens with zero attached hydrogens (tertiary/aromatic N) is 4. The van der Waals surface area contributed by atoms with Crippen molar-refractivity contribution < 1.29 is 0 Å². The van der Waals surface area contributed by atoms with Crippen LogP contribution in [0.25, 0.3) is 100.0 Å². The van der Waals surface area contributed by atoms with Crippen molar-refractivity contribution in [2.45, 2.75) is 0 Å². The SMILES string of the molecule is c1ccc(-c2ccc(-c3nc(-c4ccc(-c5cc6c(ccc7cccnc76)c6ccccc56)cc4)nc(-c4ccccc4-c4ccccc4)n3)cc2)cc1. The molecule has 2 aromatic heterocycles. The Labute approximate surface area is 313 Å². The first-order valence-electron chi connectivity index (χ1n) is 18.1. The average molecular weight is 689 g/mol. The summed E-state index contributed by atoms with van der Waals surface area (Å²) in [5.41, 5.74) is 10.6. The quantitative estimate of drug-likeness (QED) is 0.163. The summed E-state index contributed by atoms with van der Waals surface area (Å²) >= 11 is 0. The van der Waals surface area contributed by atoms with Gasteiger partial charge in [-0.3, -0.25) is 4.98 Å². The van der Waals surface area contributed by atoms with Crippen LogP contribution in [0, 0.1) is 0 Å². The van der Waals surface area contributed by atoms with Crippen molar-refractivity contribution in [2.75, 3.05) is 0 Å². The van der Waals surface area contributed by atoms with Crippen LogP contribution in [0.5, 0.6) is 0 Å². The minimum absolute atomic E-state index is 0.620. The minimum atomic E-state index is 0.620. The molecular formula is C50H32N4. The van der Waals surface area contributed by atoms with Crippen molar-refractivity contribution in [1.82, 2.24) is 19.9 Å². The molecule has 0 N–H and O–H groups in total. The third-order valence-electron chi connectivity index (χ3n) is 10.2. The highest BCUT2D eigenvalue weighted by Gasteiger charge is 2.17. The average Bonchev–Trinajstić information content (AvgIpc) is 3.26. The number of rotatable bonds is 6. The van der Waals surface area contributed by atoms with Crippen molar-refractivity contribution in [3.63, 3.8) is 0 Å². The van der Waals surface area contributed by atoms with Crippen molar-refractivity contribution in [2.24, 2.45) is 0 Å². The molecule has 0 aliphatic heterocycles. The first-order chi connectivity index (χ1) is 26.8. The largest absolute Gasteiger partial charge is 0.256 e. The number of hydrogen-bond donors (Lipinski definition) is 0. The van der Waals surface area contributed by atoms with Gasteiger partial charge in [-0.2, -0.15) is 0 Å². The number of fused-ring (bicyclic) bond motifs is 5. The van der Waals surface area contributed by atoms with Crippen LogP contribution in [-0.2, 0) is 0 Å². The van der Waals surface area contributed by atoms with Gasteiger partial charge in [-0.1, -0.05) is 176 Å². The van der Waals surface area contributed by atoms with Crippen LogP contribution in [0.3, 0.4) is 0 Å². The summed E-state index contributed by atoms with van der Waals surface area (Å²) in [6.07, 6.45) is 1.87. The Balaban J connectivity index is 1.11. The van der Waals surface area contributed by atoms with E-state index in [-0.39, 0.29) is 0 Å². The second kappa shape index (κ2) is 13.4. The van der Waals surface area contributed by atoms with E-state index in [1.54, 1.807) is 0 Å². The topological polar surface area (TPSA) is 51.6 Å². The van der Waals surface area contributed by atoms with Gasteiger partial charge in [-0.15, -0.1) is 0 Å². The van der Waals surface area contributed by atoms with E-state index in [1.165, 1.54) is 21.7 Å². The monoisotopic (exact) mass is 688 g/mol. The number of pyridine rings is 1. The fourth-order valence-electron chi connectivity index (χ4n) is 7.51. The molecule has 0 bridgehead atoms. The smallest absolute Gasteiger partial charge is 0.164 e. The zero-order valence-electron chi connectivity index (χ0n) is 29.3. The molecule has 54 heavy (non-hydrogen) atoms. The molecule has 0 aliphatic carbocycles. The van der Waals surface area contributed by atoms with Crippen molar-refractivity contribution in [3.8, 4) is 67.5 Å². The molecule has 2 heterocycles. The van der Waals surface area contributed by atoms with Gasteiger partial charge in [-0.25, -0.2) is 15.0 Å². The molecule has 10 aromatic rings. The second-order valence-corrected chi connectivity index (χ2v) is 13.4. The van der Waals surface area contributed by atoms with E-state index in [4.69, 9.17) is 19.9 Å². The first-order valence-corrected chi connectivity index (χ1v) is 18.1. The van der Waals surface area contributed by atoms with Gasteiger partial charge in [0.1, 0.15) is 0 Å². The molecule has 4 nitrogen and oxygen atoms in total. The molecule has 8 aromatic carbocycles. The lowest BCUT2D eigenvalue weighted by molar-refractivity contribution is 1.07. The molecular weight excluding hydrogens is 657 g/mol. The Kier molecular flexibility index (Phi) is 7.77. The highest BCUT2D eigenvalue weighted by molar-refractivity contribution is 6.20. The molecule has 0 saturated carbocycles. The summed E-state index contributed by atoms with van der Waals surface area (Å²) in [4.78, 5) is 20.2. The van der Waals surface area contributed by atoms with Gasteiger partial charge in [0, 0.05) is 33.7 Å². The molecule has 10 rings (SSSR count). The van der Waals surface area contributed by atoms with Crippen LogP contribution >= 0.6 is 0 Å². The first kappa shape index (κ1) is 31.4. The van der Waals surface area contributed by atoms with Crippen LogP contribution in [0.2, 0.25) is 0 Å². The van der Waals surface area contributed by atoms with Crippen molar-refractivity contribution in [1.29, 1.82) is 0 Å². The molecule has 0 radical (unpaired) electrons. The van der Waals surface area contributed by atoms with Crippen molar-refractivity contribution in [3.05, 3.63) is 194 Å². The molecule has 0 amide bonds. The van der Waals surface area contributed by atoms with Gasteiger partial charge in [0.2, 0.25) is 0 Å². The summed E-state index contributed by atoms with van der Waals surface area (Å²) in [5.74, 6) is 1.88. The highest BCUT2D eigenvalue weighted by Crippen LogP contribution is 2.38. The van der Waals surface area contributed by atoms with E-state index in [2.05, 4.69) is 164 Å². The van der Waals surface area contributed by atoms with E-state index >= 15 is 0 Å². The summed E-state index contributed by atoms with van der Waals surface area (Å²) in [6, 6.07) is 65.6. The van der Waals surface area contributed by atoms with Gasteiger partial charge < -0.3 is 0 Å². The predicted octanol–water partition coefficient (Wildman–Crippen LogP) is 12.7. The fourth-order valence-corrected chi connectivity index (χ4v) is 7.51. The highest BCUT2D eigenvalue weighted by atomic mass is 15.0. The molecule has 0 spiro atoms. The van der Waals surface area contributed by atoms with E-state index in [0.717, 1.165) is 60.8 Å². The Bertz CT molecular complexity index is 2960. The maximum Gasteiger partial charge on any atom is 0.164 e. The lowest BCUT2D eigenvalue weighted by atomic mass is 9.92. The maximum absolute atomic E-state index is 5.15. The molecule has 0 atom stereocenters. The van der Waals surface area contributed by atoms with Crippen LogP contribution in [0.1, 0.15) is 0 Å². The van der Waals surface area contributed by atoms with E-state index in [9.17, 15) is 0 Å². The molecule has 4 heteroatoms. The molecule has 252 valence electrons. The Morgan fingerprint density at radius 1 is 0.278 bits per heavy atom. The lowest BCUT2D eigenvalue weighted by Gasteiger charge is -2.14. The molecule has 0 fully saturated rings. The lowest BCUT2D eigenvalue weighted by Crippen LogP contribution is -2.01. The molecule has 0 unspecified atom stereocenters. The summed E-state index contributed by atoms with van der Waals surface area (Å²) in [7, 11) is 0. The van der Waals surface area contributed by atoms with Gasteiger partial charge in [0.25, 0.3) is 0 Å². The number of hydrogen-bond acceptors (Lipinski definition) is 4. The fraction of sp³-hybridized carbons (Fsp3) is 0.